The van der Waals surface area contributed by atoms with Gasteiger partial charge in [-0.25, -0.2) is 0 Å². The molecule has 0 aliphatic rings. The molecule has 166 valence electrons. The minimum Gasteiger partial charge on any atom is -0.492 e. The van der Waals surface area contributed by atoms with E-state index >= 15 is 0 Å². The predicted octanol–water partition coefficient (Wildman–Crippen LogP) is 7.64. The molecule has 33 heavy (non-hydrogen) atoms. The van der Waals surface area contributed by atoms with Gasteiger partial charge in [0.2, 0.25) is 0 Å². The van der Waals surface area contributed by atoms with Crippen molar-refractivity contribution >= 4 is 21.7 Å². The van der Waals surface area contributed by atoms with Gasteiger partial charge in [0.25, 0.3) is 0 Å². The van der Waals surface area contributed by atoms with Crippen molar-refractivity contribution in [1.29, 1.82) is 0 Å². The maximum Gasteiger partial charge on any atom is 0.143 e. The Morgan fingerprint density at radius 2 is 1.45 bits per heavy atom. The number of rotatable bonds is 8. The van der Waals surface area contributed by atoms with Gasteiger partial charge in [0.1, 0.15) is 23.7 Å². The maximum absolute atomic E-state index is 6.46. The molecule has 0 aliphatic carbocycles. The molecule has 0 N–H and O–H groups in total. The highest BCUT2D eigenvalue weighted by Gasteiger charge is 2.19. The number of hydrogen-bond donors (Lipinski definition) is 0. The average Bonchev–Trinajstić information content (AvgIpc) is 3.28. The summed E-state index contributed by atoms with van der Waals surface area (Å²) in [6.07, 6.45) is 0. The summed E-state index contributed by atoms with van der Waals surface area (Å²) in [5.41, 5.74) is 4.23. The Hall–Kier alpha value is -3.56. The van der Waals surface area contributed by atoms with Crippen LogP contribution >= 0.6 is 0 Å². The second-order valence-corrected chi connectivity index (χ2v) is 8.23. The standard InChI is InChI=1S/C30H29NO2/c1-3-31(4-2)20-21-32-25-17-14-23(15-18-25)28-29-26-13-9-8-10-22(26)16-19-27(29)33-30(28)24-11-6-5-7-12-24/h5-19H,3-4,20-21H2,1-2H3. The van der Waals surface area contributed by atoms with Gasteiger partial charge in [0.05, 0.1) is 0 Å². The van der Waals surface area contributed by atoms with Crippen LogP contribution in [0.15, 0.2) is 95.4 Å². The first-order chi connectivity index (χ1) is 16.3. The first kappa shape index (κ1) is 21.3. The number of likely N-dealkylation sites (N-methyl/N-ethyl adjacent to an activating group) is 1. The van der Waals surface area contributed by atoms with E-state index < -0.39 is 0 Å². The molecule has 0 aliphatic heterocycles. The van der Waals surface area contributed by atoms with Crippen LogP contribution in [-0.4, -0.2) is 31.1 Å². The molecular formula is C30H29NO2. The molecule has 5 aromatic rings. The highest BCUT2D eigenvalue weighted by Crippen LogP contribution is 2.44. The lowest BCUT2D eigenvalue weighted by molar-refractivity contribution is 0.223. The van der Waals surface area contributed by atoms with E-state index in [0.717, 1.165) is 58.8 Å². The van der Waals surface area contributed by atoms with E-state index in [-0.39, 0.29) is 0 Å². The molecule has 0 unspecified atom stereocenters. The van der Waals surface area contributed by atoms with E-state index in [0.29, 0.717) is 6.61 Å². The summed E-state index contributed by atoms with van der Waals surface area (Å²) < 4.78 is 12.5. The largest absolute Gasteiger partial charge is 0.492 e. The monoisotopic (exact) mass is 435 g/mol. The number of nitrogens with zero attached hydrogens (tertiary/aromatic N) is 1. The number of benzene rings is 4. The van der Waals surface area contributed by atoms with Gasteiger partial charge < -0.3 is 14.1 Å². The lowest BCUT2D eigenvalue weighted by Crippen LogP contribution is -2.27. The number of furan rings is 1. The molecule has 0 spiro atoms. The van der Waals surface area contributed by atoms with Crippen molar-refractivity contribution in [1.82, 2.24) is 4.90 Å². The molecule has 0 saturated heterocycles. The van der Waals surface area contributed by atoms with Crippen LogP contribution in [0.1, 0.15) is 13.8 Å². The molecule has 5 rings (SSSR count). The minimum absolute atomic E-state index is 0.690. The number of fused-ring (bicyclic) bond motifs is 3. The normalized spacial score (nSPS) is 11.5. The van der Waals surface area contributed by atoms with Crippen LogP contribution in [0, 0.1) is 0 Å². The van der Waals surface area contributed by atoms with E-state index in [2.05, 4.69) is 104 Å². The molecule has 1 aromatic heterocycles. The van der Waals surface area contributed by atoms with Crippen molar-refractivity contribution in [3.05, 3.63) is 91.0 Å². The summed E-state index contributed by atoms with van der Waals surface area (Å²) in [6.45, 7) is 8.08. The molecule has 0 fully saturated rings. The van der Waals surface area contributed by atoms with Crippen LogP contribution in [0.25, 0.3) is 44.2 Å². The average molecular weight is 436 g/mol. The highest BCUT2D eigenvalue weighted by molar-refractivity contribution is 6.16. The van der Waals surface area contributed by atoms with Crippen LogP contribution in [0.4, 0.5) is 0 Å². The van der Waals surface area contributed by atoms with Gasteiger partial charge in [0, 0.05) is 23.1 Å². The SMILES string of the molecule is CCN(CC)CCOc1ccc(-c2c(-c3ccccc3)oc3ccc4ccccc4c23)cc1. The Morgan fingerprint density at radius 3 is 2.21 bits per heavy atom. The van der Waals surface area contributed by atoms with E-state index in [1.165, 1.54) is 10.8 Å². The smallest absolute Gasteiger partial charge is 0.143 e. The second kappa shape index (κ2) is 9.51. The van der Waals surface area contributed by atoms with E-state index in [1.807, 2.05) is 6.07 Å². The zero-order chi connectivity index (χ0) is 22.6. The molecule has 4 aromatic carbocycles. The van der Waals surface area contributed by atoms with Crippen molar-refractivity contribution in [2.24, 2.45) is 0 Å². The van der Waals surface area contributed by atoms with Gasteiger partial charge in [-0.15, -0.1) is 0 Å². The fraction of sp³-hybridized carbons (Fsp3) is 0.200. The predicted molar refractivity (Wildman–Crippen MR) is 138 cm³/mol. The van der Waals surface area contributed by atoms with Crippen LogP contribution in [-0.2, 0) is 0 Å². The van der Waals surface area contributed by atoms with Crippen molar-refractivity contribution in [3.63, 3.8) is 0 Å². The van der Waals surface area contributed by atoms with Gasteiger partial charge in [-0.3, -0.25) is 0 Å². The topological polar surface area (TPSA) is 25.6 Å². The van der Waals surface area contributed by atoms with E-state index in [4.69, 9.17) is 9.15 Å². The molecular weight excluding hydrogens is 406 g/mol. The first-order valence-corrected chi connectivity index (χ1v) is 11.7. The fourth-order valence-corrected chi connectivity index (χ4v) is 4.49. The third kappa shape index (κ3) is 4.24. The van der Waals surface area contributed by atoms with Crippen molar-refractivity contribution in [3.8, 4) is 28.2 Å². The molecule has 3 heteroatoms. The zero-order valence-electron chi connectivity index (χ0n) is 19.3. The van der Waals surface area contributed by atoms with E-state index in [1.54, 1.807) is 0 Å². The summed E-state index contributed by atoms with van der Waals surface area (Å²) in [5.74, 6) is 1.79. The van der Waals surface area contributed by atoms with Gasteiger partial charge >= 0.3 is 0 Å². The zero-order valence-corrected chi connectivity index (χ0v) is 19.3. The molecule has 1 heterocycles. The van der Waals surface area contributed by atoms with E-state index in [9.17, 15) is 0 Å². The van der Waals surface area contributed by atoms with Gasteiger partial charge in [-0.05, 0) is 47.6 Å². The Bertz CT molecular complexity index is 1350. The third-order valence-corrected chi connectivity index (χ3v) is 6.33. The Labute approximate surface area is 195 Å². The first-order valence-electron chi connectivity index (χ1n) is 11.7. The summed E-state index contributed by atoms with van der Waals surface area (Å²) in [4.78, 5) is 2.36. The molecule has 0 amide bonds. The lowest BCUT2D eigenvalue weighted by atomic mass is 9.95. The highest BCUT2D eigenvalue weighted by atomic mass is 16.5. The minimum atomic E-state index is 0.690. The summed E-state index contributed by atoms with van der Waals surface area (Å²) >= 11 is 0. The Morgan fingerprint density at radius 1 is 0.727 bits per heavy atom. The summed E-state index contributed by atoms with van der Waals surface area (Å²) in [7, 11) is 0. The quantitative estimate of drug-likeness (QED) is 0.250. The maximum atomic E-state index is 6.46. The molecule has 0 bridgehead atoms. The Kier molecular flexibility index (Phi) is 6.14. The fourth-order valence-electron chi connectivity index (χ4n) is 4.49. The second-order valence-electron chi connectivity index (χ2n) is 8.23. The van der Waals surface area contributed by atoms with Crippen LogP contribution in [0.5, 0.6) is 5.75 Å². The van der Waals surface area contributed by atoms with Gasteiger partial charge in [-0.2, -0.15) is 0 Å². The lowest BCUT2D eigenvalue weighted by Gasteiger charge is -2.18. The van der Waals surface area contributed by atoms with Gasteiger partial charge in [0.15, 0.2) is 0 Å². The van der Waals surface area contributed by atoms with Crippen LogP contribution in [0.2, 0.25) is 0 Å². The number of hydrogen-bond acceptors (Lipinski definition) is 3. The third-order valence-electron chi connectivity index (χ3n) is 6.33. The van der Waals surface area contributed by atoms with Crippen molar-refractivity contribution < 1.29 is 9.15 Å². The van der Waals surface area contributed by atoms with Crippen molar-refractivity contribution in [2.75, 3.05) is 26.2 Å². The Balaban J connectivity index is 1.57. The molecule has 3 nitrogen and oxygen atoms in total. The summed E-state index contributed by atoms with van der Waals surface area (Å²) in [5, 5.41) is 3.57. The van der Waals surface area contributed by atoms with Crippen molar-refractivity contribution in [2.45, 2.75) is 13.8 Å². The van der Waals surface area contributed by atoms with Crippen LogP contribution < -0.4 is 4.74 Å². The van der Waals surface area contributed by atoms with Crippen LogP contribution in [0.3, 0.4) is 0 Å². The molecule has 0 saturated carbocycles. The van der Waals surface area contributed by atoms with Gasteiger partial charge in [-0.1, -0.05) is 86.6 Å². The summed E-state index contributed by atoms with van der Waals surface area (Å²) in [6, 6.07) is 31.5. The molecule has 0 atom stereocenters. The number of ether oxygens (including phenoxy) is 1. The molecule has 0 radical (unpaired) electrons.